The van der Waals surface area contributed by atoms with Gasteiger partial charge in [0.05, 0.1) is 27.6 Å². The third-order valence-corrected chi connectivity index (χ3v) is 6.36. The summed E-state index contributed by atoms with van der Waals surface area (Å²) in [6, 6.07) is 13.6. The highest BCUT2D eigenvalue weighted by Gasteiger charge is 2.21. The van der Waals surface area contributed by atoms with E-state index in [1.807, 2.05) is 70.2 Å². The number of nitrogens with one attached hydrogen (secondary N) is 1. The third kappa shape index (κ3) is 4.67. The topological polar surface area (TPSA) is 69.9 Å². The normalized spacial score (nSPS) is 11.5. The second-order valence-corrected chi connectivity index (χ2v) is 8.81. The minimum atomic E-state index is -0.207. The van der Waals surface area contributed by atoms with Crippen molar-refractivity contribution < 1.29 is 23.4 Å². The predicted molar refractivity (Wildman–Crippen MR) is 144 cm³/mol. The van der Waals surface area contributed by atoms with Crippen molar-refractivity contribution in [3.8, 4) is 28.4 Å². The number of carbonyl (C=O) groups excluding carboxylic acids is 1. The molecule has 0 aliphatic rings. The first-order valence-electron chi connectivity index (χ1n) is 11.7. The fourth-order valence-electron chi connectivity index (χ4n) is 4.50. The Morgan fingerprint density at radius 1 is 0.917 bits per heavy atom. The predicted octanol–water partition coefficient (Wildman–Crippen LogP) is 7.09. The number of hydrogen-bond acceptors (Lipinski definition) is 5. The van der Waals surface area contributed by atoms with E-state index in [1.165, 1.54) is 0 Å². The summed E-state index contributed by atoms with van der Waals surface area (Å²) in [5.74, 6) is 1.87. The number of hydrogen-bond donors (Lipinski definition) is 1. The lowest BCUT2D eigenvalue weighted by molar-refractivity contribution is -0.111. The largest absolute Gasteiger partial charge is 0.497 e. The summed E-state index contributed by atoms with van der Waals surface area (Å²) in [4.78, 5) is 12.9. The van der Waals surface area contributed by atoms with E-state index in [1.54, 1.807) is 33.7 Å². The number of aryl methyl sites for hydroxylation is 3. The van der Waals surface area contributed by atoms with Gasteiger partial charge in [-0.15, -0.1) is 0 Å². The van der Waals surface area contributed by atoms with Crippen molar-refractivity contribution >= 4 is 28.1 Å². The quantitative estimate of drug-likeness (QED) is 0.283. The van der Waals surface area contributed by atoms with Crippen LogP contribution >= 0.6 is 0 Å². The molecular weight excluding hydrogens is 454 g/mol. The van der Waals surface area contributed by atoms with E-state index in [0.717, 1.165) is 50.0 Å². The lowest BCUT2D eigenvalue weighted by Crippen LogP contribution is -2.10. The number of benzene rings is 3. The molecule has 1 aromatic heterocycles. The number of methoxy groups -OCH3 is 3. The Morgan fingerprint density at radius 2 is 1.69 bits per heavy atom. The molecule has 0 spiro atoms. The summed E-state index contributed by atoms with van der Waals surface area (Å²) in [6.45, 7) is 7.85. The zero-order valence-electron chi connectivity index (χ0n) is 21.7. The summed E-state index contributed by atoms with van der Waals surface area (Å²) in [5.41, 5.74) is 7.79. The molecule has 3 aromatic carbocycles. The maximum absolute atomic E-state index is 12.9. The van der Waals surface area contributed by atoms with E-state index in [2.05, 4.69) is 5.32 Å². The third-order valence-electron chi connectivity index (χ3n) is 6.36. The van der Waals surface area contributed by atoms with Gasteiger partial charge in [0.25, 0.3) is 0 Å². The lowest BCUT2D eigenvalue weighted by atomic mass is 9.96. The smallest absolute Gasteiger partial charge is 0.248 e. The monoisotopic (exact) mass is 485 g/mol. The fourth-order valence-corrected chi connectivity index (χ4v) is 4.50. The van der Waals surface area contributed by atoms with Gasteiger partial charge in [-0.1, -0.05) is 17.7 Å². The van der Waals surface area contributed by atoms with Crippen molar-refractivity contribution in [1.29, 1.82) is 0 Å². The van der Waals surface area contributed by atoms with Crippen molar-refractivity contribution in [2.75, 3.05) is 26.6 Å². The minimum absolute atomic E-state index is 0.207. The number of ether oxygens (including phenoxy) is 3. The fraction of sp³-hybridized carbons (Fsp3) is 0.233. The average molecular weight is 486 g/mol. The van der Waals surface area contributed by atoms with Gasteiger partial charge in [0.1, 0.15) is 22.8 Å². The van der Waals surface area contributed by atoms with Crippen LogP contribution in [0.5, 0.6) is 17.2 Å². The molecule has 0 saturated carbocycles. The molecule has 4 aromatic rings. The van der Waals surface area contributed by atoms with Gasteiger partial charge in [0.2, 0.25) is 5.91 Å². The van der Waals surface area contributed by atoms with Gasteiger partial charge in [-0.05, 0) is 69.2 Å². The van der Waals surface area contributed by atoms with Crippen LogP contribution in [0.25, 0.3) is 27.7 Å². The van der Waals surface area contributed by atoms with Crippen LogP contribution in [0.1, 0.15) is 29.2 Å². The van der Waals surface area contributed by atoms with Gasteiger partial charge in [-0.2, -0.15) is 0 Å². The number of anilines is 1. The molecule has 6 heteroatoms. The van der Waals surface area contributed by atoms with Crippen LogP contribution in [-0.2, 0) is 4.79 Å². The lowest BCUT2D eigenvalue weighted by Gasteiger charge is -2.14. The zero-order chi connectivity index (χ0) is 26.0. The first-order valence-corrected chi connectivity index (χ1v) is 11.7. The van der Waals surface area contributed by atoms with Crippen LogP contribution in [0.15, 0.2) is 59.2 Å². The molecule has 4 rings (SSSR count). The first-order chi connectivity index (χ1) is 17.3. The minimum Gasteiger partial charge on any atom is -0.497 e. The highest BCUT2D eigenvalue weighted by molar-refractivity contribution is 6.06. The van der Waals surface area contributed by atoms with Gasteiger partial charge in [-0.25, -0.2) is 0 Å². The van der Waals surface area contributed by atoms with E-state index < -0.39 is 0 Å². The molecule has 1 N–H and O–H groups in total. The van der Waals surface area contributed by atoms with Crippen molar-refractivity contribution in [3.05, 3.63) is 77.1 Å². The van der Waals surface area contributed by atoms with Crippen molar-refractivity contribution in [1.82, 2.24) is 0 Å². The second kappa shape index (κ2) is 10.2. The van der Waals surface area contributed by atoms with Crippen molar-refractivity contribution in [2.24, 2.45) is 0 Å². The maximum atomic E-state index is 12.9. The van der Waals surface area contributed by atoms with Crippen LogP contribution < -0.4 is 19.5 Å². The Balaban J connectivity index is 1.81. The zero-order valence-corrected chi connectivity index (χ0v) is 21.7. The summed E-state index contributed by atoms with van der Waals surface area (Å²) in [6.07, 6.45) is 3.30. The van der Waals surface area contributed by atoms with E-state index in [4.69, 9.17) is 18.6 Å². The molecule has 0 aliphatic carbocycles. The molecule has 6 nitrogen and oxygen atoms in total. The molecule has 0 unspecified atom stereocenters. The Morgan fingerprint density at radius 3 is 2.36 bits per heavy atom. The number of rotatable bonds is 7. The number of amides is 1. The Bertz CT molecular complexity index is 1480. The van der Waals surface area contributed by atoms with Gasteiger partial charge >= 0.3 is 0 Å². The van der Waals surface area contributed by atoms with Gasteiger partial charge < -0.3 is 23.9 Å². The maximum Gasteiger partial charge on any atom is 0.248 e. The summed E-state index contributed by atoms with van der Waals surface area (Å²) in [5, 5.41) is 3.87. The molecule has 0 atom stereocenters. The SMILES string of the molecule is COc1ccc(OC)c(-c2coc3c(C)c(OC)c(/C(C)=C/C(=O)Nc4ccc(C)cc4C)cc23)c1. The summed E-state index contributed by atoms with van der Waals surface area (Å²) >= 11 is 0. The van der Waals surface area contributed by atoms with Gasteiger partial charge in [0, 0.05) is 39.4 Å². The molecule has 0 fully saturated rings. The first kappa shape index (κ1) is 24.9. The number of carbonyl (C=O) groups is 1. The Kier molecular flexibility index (Phi) is 7.06. The molecule has 0 saturated heterocycles. The number of allylic oxidation sites excluding steroid dienone is 1. The van der Waals surface area contributed by atoms with E-state index in [-0.39, 0.29) is 5.91 Å². The summed E-state index contributed by atoms with van der Waals surface area (Å²) < 4.78 is 22.8. The Hall–Kier alpha value is -4.19. The van der Waals surface area contributed by atoms with Crippen molar-refractivity contribution in [3.63, 3.8) is 0 Å². The standard InChI is InChI=1S/C30H31NO5/c1-17-8-10-26(19(3)12-17)31-28(32)13-18(2)22-15-24-25(16-36-30(24)20(4)29(22)35-7)23-14-21(33-5)9-11-27(23)34-6/h8-16H,1-7H3,(H,31,32)/b18-13+. The van der Waals surface area contributed by atoms with Crippen LogP contribution in [0, 0.1) is 20.8 Å². The van der Waals surface area contributed by atoms with E-state index >= 15 is 0 Å². The molecule has 0 bridgehead atoms. The van der Waals surface area contributed by atoms with Crippen LogP contribution in [0.3, 0.4) is 0 Å². The number of fused-ring (bicyclic) bond motifs is 1. The van der Waals surface area contributed by atoms with Crippen LogP contribution in [0.4, 0.5) is 5.69 Å². The average Bonchev–Trinajstić information content (AvgIpc) is 3.29. The second-order valence-electron chi connectivity index (χ2n) is 8.81. The Labute approximate surface area is 211 Å². The van der Waals surface area contributed by atoms with Crippen LogP contribution in [0.2, 0.25) is 0 Å². The van der Waals surface area contributed by atoms with E-state index in [0.29, 0.717) is 22.8 Å². The molecule has 0 aliphatic heterocycles. The summed E-state index contributed by atoms with van der Waals surface area (Å²) in [7, 11) is 4.88. The van der Waals surface area contributed by atoms with Gasteiger partial charge in [-0.3, -0.25) is 4.79 Å². The molecule has 1 amide bonds. The van der Waals surface area contributed by atoms with E-state index in [9.17, 15) is 4.79 Å². The molecular formula is C30H31NO5. The van der Waals surface area contributed by atoms with Crippen molar-refractivity contribution in [2.45, 2.75) is 27.7 Å². The molecule has 1 heterocycles. The molecule has 186 valence electrons. The number of furan rings is 1. The highest BCUT2D eigenvalue weighted by atomic mass is 16.5. The molecule has 36 heavy (non-hydrogen) atoms. The highest BCUT2D eigenvalue weighted by Crippen LogP contribution is 2.43. The van der Waals surface area contributed by atoms with Gasteiger partial charge in [0.15, 0.2) is 0 Å². The molecule has 0 radical (unpaired) electrons. The van der Waals surface area contributed by atoms with Crippen LogP contribution in [-0.4, -0.2) is 27.2 Å².